The van der Waals surface area contributed by atoms with Gasteiger partial charge in [0.05, 0.1) is 12.1 Å². The van der Waals surface area contributed by atoms with Gasteiger partial charge >= 0.3 is 11.7 Å². The van der Waals surface area contributed by atoms with Crippen LogP contribution in [0.15, 0.2) is 53.3 Å². The highest BCUT2D eigenvalue weighted by Crippen LogP contribution is 2.25. The molecule has 0 radical (unpaired) electrons. The van der Waals surface area contributed by atoms with Crippen LogP contribution in [0.2, 0.25) is 0 Å². The highest BCUT2D eigenvalue weighted by Gasteiger charge is 2.24. The number of carboxylic acid groups (broad SMARTS) is 1. The van der Waals surface area contributed by atoms with Crippen molar-refractivity contribution in [3.8, 4) is 11.1 Å². The quantitative estimate of drug-likeness (QED) is 0.551. The van der Waals surface area contributed by atoms with E-state index in [1.807, 2.05) is 52.5 Å². The van der Waals surface area contributed by atoms with Crippen LogP contribution in [-0.2, 0) is 18.5 Å². The molecule has 0 aliphatic rings. The molecule has 0 amide bonds. The van der Waals surface area contributed by atoms with Gasteiger partial charge in [-0.1, -0.05) is 55.8 Å². The number of hydrogen-bond acceptors (Lipinski definition) is 2. The second kappa shape index (κ2) is 8.96. The molecule has 2 aromatic carbocycles. The summed E-state index contributed by atoms with van der Waals surface area (Å²) in [7, 11) is 0. The molecular weight excluding hydrogens is 388 g/mol. The van der Waals surface area contributed by atoms with Gasteiger partial charge in [0.15, 0.2) is 0 Å². The summed E-state index contributed by atoms with van der Waals surface area (Å²) in [6, 6.07) is 14.8. The molecule has 5 heteroatoms. The van der Waals surface area contributed by atoms with Crippen molar-refractivity contribution in [2.45, 2.75) is 66.0 Å². The fourth-order valence-electron chi connectivity index (χ4n) is 4.21. The summed E-state index contributed by atoms with van der Waals surface area (Å²) in [5, 5.41) is 9.46. The number of rotatable bonds is 7. The lowest BCUT2D eigenvalue weighted by Gasteiger charge is -2.21. The molecule has 0 saturated heterocycles. The van der Waals surface area contributed by atoms with Crippen LogP contribution in [0, 0.1) is 6.92 Å². The van der Waals surface area contributed by atoms with Crippen molar-refractivity contribution in [3.05, 3.63) is 81.5 Å². The van der Waals surface area contributed by atoms with Gasteiger partial charge in [-0.3, -0.25) is 9.13 Å². The van der Waals surface area contributed by atoms with Gasteiger partial charge in [0.2, 0.25) is 0 Å². The van der Waals surface area contributed by atoms with Crippen LogP contribution in [0.3, 0.4) is 0 Å². The normalized spacial score (nSPS) is 11.6. The van der Waals surface area contributed by atoms with Gasteiger partial charge in [0, 0.05) is 16.9 Å². The first-order valence-electron chi connectivity index (χ1n) is 10.9. The van der Waals surface area contributed by atoms with Gasteiger partial charge in [-0.2, -0.15) is 0 Å². The Kier molecular flexibility index (Phi) is 6.54. The Morgan fingerprint density at radius 1 is 1.03 bits per heavy atom. The minimum absolute atomic E-state index is 0.0244. The van der Waals surface area contributed by atoms with E-state index in [9.17, 15) is 14.7 Å². The molecule has 0 spiro atoms. The zero-order valence-corrected chi connectivity index (χ0v) is 19.1. The van der Waals surface area contributed by atoms with E-state index in [4.69, 9.17) is 0 Å². The van der Waals surface area contributed by atoms with Crippen LogP contribution in [0.1, 0.15) is 67.8 Å². The molecule has 0 aliphatic heterocycles. The Bertz CT molecular complexity index is 1130. The van der Waals surface area contributed by atoms with E-state index in [-0.39, 0.29) is 16.8 Å². The molecule has 0 aliphatic carbocycles. The second-order valence-corrected chi connectivity index (χ2v) is 9.06. The molecule has 5 nitrogen and oxygen atoms in total. The molecule has 1 aromatic heterocycles. The standard InChI is InChI=1S/C26H32N2O3/c1-6-7-12-23-18(2)28(26(3,4)5)25(31)27(23)17-19-13-15-20(16-14-19)21-10-8-9-11-22(21)24(29)30/h8-11,13-16H,6-7,12,17H2,1-5H3,(H,29,30). The Morgan fingerprint density at radius 2 is 1.68 bits per heavy atom. The maximum Gasteiger partial charge on any atom is 0.336 e. The van der Waals surface area contributed by atoms with Crippen molar-refractivity contribution in [1.82, 2.24) is 9.13 Å². The predicted molar refractivity (Wildman–Crippen MR) is 125 cm³/mol. The molecule has 0 atom stereocenters. The van der Waals surface area contributed by atoms with Crippen LogP contribution in [0.25, 0.3) is 11.1 Å². The molecule has 164 valence electrons. The Hall–Kier alpha value is -3.08. The number of aromatic nitrogens is 2. The first-order valence-corrected chi connectivity index (χ1v) is 10.9. The fourth-order valence-corrected chi connectivity index (χ4v) is 4.21. The Morgan fingerprint density at radius 3 is 2.26 bits per heavy atom. The molecule has 0 saturated carbocycles. The highest BCUT2D eigenvalue weighted by molar-refractivity contribution is 5.95. The third-order valence-corrected chi connectivity index (χ3v) is 5.70. The Balaban J connectivity index is 1.98. The molecule has 0 unspecified atom stereocenters. The van der Waals surface area contributed by atoms with Crippen molar-refractivity contribution in [2.75, 3.05) is 0 Å². The van der Waals surface area contributed by atoms with E-state index in [1.165, 1.54) is 0 Å². The predicted octanol–water partition coefficient (Wildman–Crippen LogP) is 5.47. The van der Waals surface area contributed by atoms with Crippen molar-refractivity contribution in [1.29, 1.82) is 0 Å². The monoisotopic (exact) mass is 420 g/mol. The van der Waals surface area contributed by atoms with Crippen molar-refractivity contribution in [2.24, 2.45) is 0 Å². The van der Waals surface area contributed by atoms with Crippen LogP contribution >= 0.6 is 0 Å². The number of unbranched alkanes of at least 4 members (excludes halogenated alkanes) is 1. The summed E-state index contributed by atoms with van der Waals surface area (Å²) in [4.78, 5) is 24.8. The summed E-state index contributed by atoms with van der Waals surface area (Å²) in [5.41, 5.74) is 4.73. The Labute approximate surface area is 184 Å². The van der Waals surface area contributed by atoms with E-state index in [0.29, 0.717) is 12.1 Å². The number of imidazole rings is 1. The largest absolute Gasteiger partial charge is 0.478 e. The van der Waals surface area contributed by atoms with Crippen molar-refractivity contribution >= 4 is 5.97 Å². The first kappa shape index (κ1) is 22.6. The number of carboxylic acids is 1. The summed E-state index contributed by atoms with van der Waals surface area (Å²) in [5.74, 6) is -0.939. The van der Waals surface area contributed by atoms with Crippen LogP contribution < -0.4 is 5.69 Å². The maximum absolute atomic E-state index is 13.3. The second-order valence-electron chi connectivity index (χ2n) is 9.06. The molecule has 3 rings (SSSR count). The van der Waals surface area contributed by atoms with E-state index in [1.54, 1.807) is 12.1 Å². The van der Waals surface area contributed by atoms with Gasteiger partial charge in [-0.15, -0.1) is 0 Å². The first-order chi connectivity index (χ1) is 14.6. The SMILES string of the molecule is CCCCc1c(C)n(C(C)(C)C)c(=O)n1Cc1ccc(-c2ccccc2C(=O)O)cc1. The zero-order valence-electron chi connectivity index (χ0n) is 19.1. The third kappa shape index (κ3) is 4.66. The molecule has 1 N–H and O–H groups in total. The van der Waals surface area contributed by atoms with Crippen molar-refractivity contribution < 1.29 is 9.90 Å². The molecule has 1 heterocycles. The molecular formula is C26H32N2O3. The number of aromatic carboxylic acids is 1. The lowest BCUT2D eigenvalue weighted by Crippen LogP contribution is -2.35. The summed E-state index contributed by atoms with van der Waals surface area (Å²) in [6.45, 7) is 10.9. The third-order valence-electron chi connectivity index (χ3n) is 5.70. The summed E-state index contributed by atoms with van der Waals surface area (Å²) >= 11 is 0. The molecule has 31 heavy (non-hydrogen) atoms. The van der Waals surface area contributed by atoms with Crippen LogP contribution in [-0.4, -0.2) is 20.2 Å². The molecule has 0 bridgehead atoms. The topological polar surface area (TPSA) is 64.2 Å². The minimum Gasteiger partial charge on any atom is -0.478 e. The van der Waals surface area contributed by atoms with Crippen LogP contribution in [0.4, 0.5) is 0 Å². The van der Waals surface area contributed by atoms with E-state index < -0.39 is 5.97 Å². The number of hydrogen-bond donors (Lipinski definition) is 1. The van der Waals surface area contributed by atoms with E-state index in [2.05, 4.69) is 27.7 Å². The number of carbonyl (C=O) groups is 1. The van der Waals surface area contributed by atoms with Crippen LogP contribution in [0.5, 0.6) is 0 Å². The van der Waals surface area contributed by atoms with Gasteiger partial charge < -0.3 is 5.11 Å². The van der Waals surface area contributed by atoms with E-state index in [0.717, 1.165) is 41.8 Å². The summed E-state index contributed by atoms with van der Waals surface area (Å²) in [6.07, 6.45) is 3.00. The van der Waals surface area contributed by atoms with Gasteiger partial charge in [0.25, 0.3) is 0 Å². The van der Waals surface area contributed by atoms with Gasteiger partial charge in [-0.05, 0) is 63.3 Å². The van der Waals surface area contributed by atoms with Gasteiger partial charge in [0.1, 0.15) is 0 Å². The average Bonchev–Trinajstić information content (AvgIpc) is 2.96. The minimum atomic E-state index is -0.939. The van der Waals surface area contributed by atoms with Crippen molar-refractivity contribution in [3.63, 3.8) is 0 Å². The average molecular weight is 421 g/mol. The lowest BCUT2D eigenvalue weighted by atomic mass is 9.99. The maximum atomic E-state index is 13.3. The summed E-state index contributed by atoms with van der Waals surface area (Å²) < 4.78 is 3.80. The highest BCUT2D eigenvalue weighted by atomic mass is 16.4. The number of nitrogens with zero attached hydrogens (tertiary/aromatic N) is 2. The van der Waals surface area contributed by atoms with E-state index >= 15 is 0 Å². The molecule has 3 aromatic rings. The lowest BCUT2D eigenvalue weighted by molar-refractivity contribution is 0.0697. The number of benzene rings is 2. The smallest absolute Gasteiger partial charge is 0.336 e. The fraction of sp³-hybridized carbons (Fsp3) is 0.385. The van der Waals surface area contributed by atoms with Gasteiger partial charge in [-0.25, -0.2) is 9.59 Å². The zero-order chi connectivity index (χ0) is 22.8. The molecule has 0 fully saturated rings.